The Hall–Kier alpha value is -1.66. The number of aryl methyl sites for hydroxylation is 1. The summed E-state index contributed by atoms with van der Waals surface area (Å²) in [5, 5.41) is 19.2. The number of aliphatic hydroxyl groups is 2. The number of hydrogen-bond donors (Lipinski definition) is 3. The summed E-state index contributed by atoms with van der Waals surface area (Å²) < 4.78 is 4.31. The molecule has 0 spiro atoms. The summed E-state index contributed by atoms with van der Waals surface area (Å²) in [5.41, 5.74) is 6.51. The summed E-state index contributed by atoms with van der Waals surface area (Å²) in [6.45, 7) is 1.76. The van der Waals surface area contributed by atoms with Crippen molar-refractivity contribution in [2.45, 2.75) is 19.1 Å². The highest BCUT2D eigenvalue weighted by molar-refractivity contribution is 5.75. The molecule has 0 saturated carbocycles. The fraction of sp³-hybridized carbons (Fsp3) is 0.400. The minimum atomic E-state index is -1.67. The van der Waals surface area contributed by atoms with Gasteiger partial charge in [-0.1, -0.05) is 0 Å². The molecule has 0 aliphatic carbocycles. The molecule has 1 aromatic heterocycles. The van der Waals surface area contributed by atoms with Gasteiger partial charge in [-0.15, -0.1) is 0 Å². The van der Waals surface area contributed by atoms with E-state index in [9.17, 15) is 15.0 Å². The van der Waals surface area contributed by atoms with Crippen LogP contribution in [-0.2, 0) is 9.53 Å². The number of nitrogens with two attached hydrogens (primary N) is 1. The van der Waals surface area contributed by atoms with Crippen LogP contribution in [-0.4, -0.2) is 34.4 Å². The third kappa shape index (κ3) is 2.47. The topological polar surface area (TPSA) is 106 Å². The van der Waals surface area contributed by atoms with Crippen LogP contribution in [0, 0.1) is 6.92 Å². The lowest BCUT2D eigenvalue weighted by atomic mass is 10.0. The van der Waals surface area contributed by atoms with Gasteiger partial charge >= 0.3 is 5.97 Å². The highest BCUT2D eigenvalue weighted by Crippen LogP contribution is 2.23. The number of aliphatic hydroxyl groups excluding tert-OH is 2. The van der Waals surface area contributed by atoms with Crippen molar-refractivity contribution in [3.05, 3.63) is 23.4 Å². The van der Waals surface area contributed by atoms with Crippen LogP contribution in [0.2, 0.25) is 0 Å². The fourth-order valence-corrected chi connectivity index (χ4v) is 1.26. The van der Waals surface area contributed by atoms with Crippen LogP contribution in [0.25, 0.3) is 0 Å². The SMILES string of the molecule is COC(=O)C(O)C(O)c1cc(C)cnc1N. The summed E-state index contributed by atoms with van der Waals surface area (Å²) in [7, 11) is 1.12. The highest BCUT2D eigenvalue weighted by Gasteiger charge is 2.28. The molecule has 0 amide bonds. The van der Waals surface area contributed by atoms with Gasteiger partial charge in [0.15, 0.2) is 6.10 Å². The van der Waals surface area contributed by atoms with Crippen molar-refractivity contribution < 1.29 is 19.7 Å². The first-order chi connectivity index (χ1) is 7.47. The minimum absolute atomic E-state index is 0.0704. The van der Waals surface area contributed by atoms with Crippen molar-refractivity contribution in [2.24, 2.45) is 0 Å². The fourth-order valence-electron chi connectivity index (χ4n) is 1.26. The van der Waals surface area contributed by atoms with E-state index in [0.717, 1.165) is 12.7 Å². The zero-order valence-corrected chi connectivity index (χ0v) is 9.04. The van der Waals surface area contributed by atoms with Crippen LogP contribution in [0.4, 0.5) is 5.82 Å². The van der Waals surface area contributed by atoms with E-state index in [-0.39, 0.29) is 11.4 Å². The number of aromatic nitrogens is 1. The van der Waals surface area contributed by atoms with Crippen LogP contribution in [0.1, 0.15) is 17.2 Å². The third-order valence-corrected chi connectivity index (χ3v) is 2.15. The molecule has 1 aromatic rings. The number of nitrogens with zero attached hydrogens (tertiary/aromatic N) is 1. The maximum Gasteiger partial charge on any atom is 0.337 e. The average molecular weight is 226 g/mol. The smallest absolute Gasteiger partial charge is 0.337 e. The van der Waals surface area contributed by atoms with E-state index < -0.39 is 18.2 Å². The largest absolute Gasteiger partial charge is 0.467 e. The number of methoxy groups -OCH3 is 1. The summed E-state index contributed by atoms with van der Waals surface area (Å²) >= 11 is 0. The second-order valence-electron chi connectivity index (χ2n) is 3.40. The molecule has 0 aliphatic heterocycles. The van der Waals surface area contributed by atoms with Gasteiger partial charge in [0.05, 0.1) is 7.11 Å². The van der Waals surface area contributed by atoms with Crippen molar-refractivity contribution in [1.82, 2.24) is 4.98 Å². The Kier molecular flexibility index (Phi) is 3.81. The van der Waals surface area contributed by atoms with Crippen LogP contribution in [0.15, 0.2) is 12.3 Å². The standard InChI is InChI=1S/C10H14N2O4/c1-5-3-6(9(11)12-4-5)7(13)8(14)10(15)16-2/h3-4,7-8,13-14H,1-2H3,(H2,11,12). The zero-order chi connectivity index (χ0) is 12.3. The van der Waals surface area contributed by atoms with Crippen molar-refractivity contribution in [2.75, 3.05) is 12.8 Å². The summed E-state index contributed by atoms with van der Waals surface area (Å²) in [4.78, 5) is 14.9. The van der Waals surface area contributed by atoms with Gasteiger partial charge in [-0.2, -0.15) is 0 Å². The van der Waals surface area contributed by atoms with E-state index in [2.05, 4.69) is 9.72 Å². The average Bonchev–Trinajstić information content (AvgIpc) is 2.29. The monoisotopic (exact) mass is 226 g/mol. The predicted octanol–water partition coefficient (Wildman–Crippen LogP) is -0.460. The third-order valence-electron chi connectivity index (χ3n) is 2.15. The number of nitrogen functional groups attached to an aromatic ring is 1. The number of ether oxygens (including phenoxy) is 1. The molecule has 0 aliphatic rings. The van der Waals surface area contributed by atoms with E-state index in [1.165, 1.54) is 6.20 Å². The van der Waals surface area contributed by atoms with Gasteiger partial charge in [0.2, 0.25) is 0 Å². The van der Waals surface area contributed by atoms with Gasteiger partial charge in [0.1, 0.15) is 11.9 Å². The van der Waals surface area contributed by atoms with Crippen molar-refractivity contribution in [1.29, 1.82) is 0 Å². The summed E-state index contributed by atoms with van der Waals surface area (Å²) in [5.74, 6) is -0.852. The molecule has 6 nitrogen and oxygen atoms in total. The molecule has 0 radical (unpaired) electrons. The Morgan fingerprint density at radius 3 is 2.75 bits per heavy atom. The van der Waals surface area contributed by atoms with Crippen LogP contribution in [0.3, 0.4) is 0 Å². The first kappa shape index (κ1) is 12.4. The quantitative estimate of drug-likeness (QED) is 0.602. The lowest BCUT2D eigenvalue weighted by molar-refractivity contribution is -0.156. The van der Waals surface area contributed by atoms with E-state index in [1.54, 1.807) is 13.0 Å². The maximum atomic E-state index is 11.0. The lowest BCUT2D eigenvalue weighted by Crippen LogP contribution is -2.29. The first-order valence-corrected chi connectivity index (χ1v) is 4.63. The van der Waals surface area contributed by atoms with Crippen LogP contribution >= 0.6 is 0 Å². The molecular weight excluding hydrogens is 212 g/mol. The Bertz CT molecular complexity index is 394. The van der Waals surface area contributed by atoms with E-state index in [1.807, 2.05) is 0 Å². The van der Waals surface area contributed by atoms with Crippen LogP contribution < -0.4 is 5.73 Å². The highest BCUT2D eigenvalue weighted by atomic mass is 16.5. The number of carbonyl (C=O) groups excluding carboxylic acids is 1. The van der Waals surface area contributed by atoms with Crippen LogP contribution in [0.5, 0.6) is 0 Å². The van der Waals surface area contributed by atoms with Gasteiger partial charge in [0.25, 0.3) is 0 Å². The zero-order valence-electron chi connectivity index (χ0n) is 9.04. The van der Waals surface area contributed by atoms with Gasteiger partial charge in [-0.3, -0.25) is 0 Å². The normalized spacial score (nSPS) is 14.2. The predicted molar refractivity (Wildman–Crippen MR) is 56.4 cm³/mol. The second kappa shape index (κ2) is 4.91. The molecule has 1 heterocycles. The first-order valence-electron chi connectivity index (χ1n) is 4.63. The molecule has 16 heavy (non-hydrogen) atoms. The molecule has 4 N–H and O–H groups in total. The number of pyridine rings is 1. The number of esters is 1. The number of carbonyl (C=O) groups is 1. The van der Waals surface area contributed by atoms with E-state index in [0.29, 0.717) is 0 Å². The number of hydrogen-bond acceptors (Lipinski definition) is 6. The molecule has 6 heteroatoms. The number of rotatable bonds is 3. The van der Waals surface area contributed by atoms with Gasteiger partial charge in [-0.05, 0) is 18.6 Å². The van der Waals surface area contributed by atoms with Crippen molar-refractivity contribution in [3.8, 4) is 0 Å². The molecule has 1 rings (SSSR count). The Balaban J connectivity index is 2.99. The number of anilines is 1. The van der Waals surface area contributed by atoms with E-state index >= 15 is 0 Å². The lowest BCUT2D eigenvalue weighted by Gasteiger charge is -2.17. The van der Waals surface area contributed by atoms with Gasteiger partial charge in [0, 0.05) is 11.8 Å². The molecule has 0 aromatic carbocycles. The molecule has 2 unspecified atom stereocenters. The second-order valence-corrected chi connectivity index (χ2v) is 3.40. The molecular formula is C10H14N2O4. The Labute approximate surface area is 92.7 Å². The van der Waals surface area contributed by atoms with Crippen molar-refractivity contribution in [3.63, 3.8) is 0 Å². The molecule has 0 fully saturated rings. The summed E-state index contributed by atoms with van der Waals surface area (Å²) in [6.07, 6.45) is -1.59. The summed E-state index contributed by atoms with van der Waals surface area (Å²) in [6, 6.07) is 1.55. The molecule has 0 saturated heterocycles. The van der Waals surface area contributed by atoms with Gasteiger partial charge in [-0.25, -0.2) is 9.78 Å². The Morgan fingerprint density at radius 2 is 2.19 bits per heavy atom. The van der Waals surface area contributed by atoms with E-state index in [4.69, 9.17) is 5.73 Å². The molecule has 88 valence electrons. The molecule has 2 atom stereocenters. The Morgan fingerprint density at radius 1 is 1.56 bits per heavy atom. The molecule has 0 bridgehead atoms. The maximum absolute atomic E-state index is 11.0. The van der Waals surface area contributed by atoms with Crippen molar-refractivity contribution >= 4 is 11.8 Å². The van der Waals surface area contributed by atoms with Gasteiger partial charge < -0.3 is 20.7 Å². The minimum Gasteiger partial charge on any atom is -0.467 e.